The highest BCUT2D eigenvalue weighted by Crippen LogP contribution is 2.17. The highest BCUT2D eigenvalue weighted by atomic mass is 32.2. The molecule has 0 aliphatic rings. The van der Waals surface area contributed by atoms with Crippen LogP contribution in [0.3, 0.4) is 0 Å². The number of nitrogens with two attached hydrogens (primary N) is 6. The minimum atomic E-state index is -1.74. The molecule has 0 saturated carbocycles. The van der Waals surface area contributed by atoms with Crippen molar-refractivity contribution in [1.29, 1.82) is 0 Å². The second-order valence-electron chi connectivity index (χ2n) is 29.3. The monoisotopic (exact) mass is 1660 g/mol. The molecule has 43 heteroatoms. The van der Waals surface area contributed by atoms with Crippen molar-refractivity contribution in [3.8, 4) is 5.75 Å². The predicted molar refractivity (Wildman–Crippen MR) is 426 cm³/mol. The first-order chi connectivity index (χ1) is 54.4. The van der Waals surface area contributed by atoms with E-state index in [-0.39, 0.29) is 106 Å². The highest BCUT2D eigenvalue weighted by Gasteiger charge is 2.38. The highest BCUT2D eigenvalue weighted by molar-refractivity contribution is 7.98. The van der Waals surface area contributed by atoms with Gasteiger partial charge in [-0.1, -0.05) is 73.9 Å². The normalized spacial score (nSPS) is 14.4. The standard InChI is InChI=1S/C73H123N21O21S/c1-11-40(8)60(94-58(100)35-81-56(98)34-82-62(104)44(75)29-37(2)3)71(113)90-48(22-24-59(101)102)64(106)84-41(9)61(103)86-47(21-23-54(76)96)66(108)88-46(15-12-13-26-74)65(107)89-49(25-28-116-10)67(109)91-50(30-38(4)5)68(110)92-51(31-39(6)7)69(111)93-52(32-42-17-19-43(95)20-18-42)70(112)87-45(16-14-27-80-73(78)79)63(105)83-36-57(99)85-53(72(114)115)33-55(77)97/h17-20,37-41,44-53,60,95H,11-16,21-36,74-75H2,1-10H3,(H2,76,96)(H2,77,97)(H,81,98)(H,82,104)(H,83,105)(H,84,106)(H,85,99)(H,86,103)(H,87,112)(H,88,108)(H,89,107)(H,90,113)(H,91,109)(H,92,110)(H,93,111)(H,94,100)(H,101,102)(H,114,115)(H4,78,79,80)/t40-,41-,44-,45-,46-,47-,48-,49-,50-,51-,52-,53-,60-/m0/s1. The molecule has 0 aliphatic carbocycles. The van der Waals surface area contributed by atoms with Gasteiger partial charge in [0.05, 0.1) is 32.1 Å². The summed E-state index contributed by atoms with van der Waals surface area (Å²) in [6.07, 6.45) is -0.727. The maximum absolute atomic E-state index is 14.7. The van der Waals surface area contributed by atoms with Gasteiger partial charge in [0.1, 0.15) is 72.2 Å². The second-order valence-corrected chi connectivity index (χ2v) is 30.3. The lowest BCUT2D eigenvalue weighted by atomic mass is 9.97. The Kier molecular flexibility index (Phi) is 48.6. The molecular formula is C73H123N21O21S. The van der Waals surface area contributed by atoms with Crippen LogP contribution < -0.4 is 109 Å². The van der Waals surface area contributed by atoms with E-state index >= 15 is 0 Å². The number of primary amides is 2. The topological polar surface area (TPSA) is 705 Å². The van der Waals surface area contributed by atoms with E-state index in [1.807, 2.05) is 13.8 Å². The Morgan fingerprint density at radius 2 is 0.871 bits per heavy atom. The van der Waals surface area contributed by atoms with Crippen molar-refractivity contribution in [2.45, 2.75) is 238 Å². The molecule has 0 saturated heterocycles. The fourth-order valence-corrected chi connectivity index (χ4v) is 11.7. The lowest BCUT2D eigenvalue weighted by Crippen LogP contribution is -2.61. The summed E-state index contributed by atoms with van der Waals surface area (Å²) in [5, 5.41) is 63.9. The van der Waals surface area contributed by atoms with Gasteiger partial charge in [-0.05, 0) is 137 Å². The third kappa shape index (κ3) is 42.9. The van der Waals surface area contributed by atoms with E-state index in [0.29, 0.717) is 18.4 Å². The van der Waals surface area contributed by atoms with Crippen LogP contribution in [-0.4, -0.2) is 245 Å². The van der Waals surface area contributed by atoms with Crippen LogP contribution in [0.4, 0.5) is 0 Å². The van der Waals surface area contributed by atoms with Crippen LogP contribution in [0, 0.1) is 23.7 Å². The molecule has 116 heavy (non-hydrogen) atoms. The molecule has 0 aliphatic heterocycles. The zero-order valence-corrected chi connectivity index (χ0v) is 68.4. The van der Waals surface area contributed by atoms with Crippen LogP contribution in [0.15, 0.2) is 29.3 Å². The molecule has 13 atom stereocenters. The molecule has 652 valence electrons. The molecule has 0 aromatic heterocycles. The van der Waals surface area contributed by atoms with E-state index in [2.05, 4.69) is 79.4 Å². The number of hydrogen-bond donors (Lipinski definition) is 23. The number of aromatic hydroxyl groups is 1. The molecule has 1 aromatic carbocycles. The van der Waals surface area contributed by atoms with Crippen LogP contribution in [0.5, 0.6) is 5.75 Å². The third-order valence-corrected chi connectivity index (χ3v) is 18.3. The fourth-order valence-electron chi connectivity index (χ4n) is 11.2. The van der Waals surface area contributed by atoms with Gasteiger partial charge in [-0.15, -0.1) is 0 Å². The van der Waals surface area contributed by atoms with Crippen molar-refractivity contribution in [2.24, 2.45) is 63.1 Å². The van der Waals surface area contributed by atoms with Crippen molar-refractivity contribution in [3.63, 3.8) is 0 Å². The Morgan fingerprint density at radius 3 is 1.36 bits per heavy atom. The molecule has 42 nitrogen and oxygen atoms in total. The van der Waals surface area contributed by atoms with Gasteiger partial charge >= 0.3 is 11.9 Å². The number of hydrogen-bond acceptors (Lipinski definition) is 23. The molecule has 0 spiro atoms. The molecule has 0 bridgehead atoms. The third-order valence-electron chi connectivity index (χ3n) is 17.6. The molecule has 1 rings (SSSR count). The number of nitrogens with zero attached hydrogens (tertiary/aromatic N) is 1. The lowest BCUT2D eigenvalue weighted by Gasteiger charge is -2.29. The number of amides is 16. The Labute approximate surface area is 678 Å². The first-order valence-electron chi connectivity index (χ1n) is 38.3. The van der Waals surface area contributed by atoms with Crippen molar-refractivity contribution in [3.05, 3.63) is 29.8 Å². The van der Waals surface area contributed by atoms with Gasteiger partial charge < -0.3 is 124 Å². The molecule has 0 radical (unpaired) electrons. The Hall–Kier alpha value is -11.0. The number of carboxylic acid groups (broad SMARTS) is 2. The molecule has 29 N–H and O–H groups in total. The maximum Gasteiger partial charge on any atom is 0.326 e. The molecule has 16 amide bonds. The Bertz CT molecular complexity index is 3510. The predicted octanol–water partition coefficient (Wildman–Crippen LogP) is -5.83. The first-order valence-corrected chi connectivity index (χ1v) is 39.7. The van der Waals surface area contributed by atoms with Gasteiger partial charge in [0, 0.05) is 25.8 Å². The minimum absolute atomic E-state index is 0.0372. The van der Waals surface area contributed by atoms with E-state index in [9.17, 15) is 102 Å². The average Bonchev–Trinajstić information content (AvgIpc) is 0.859. The second kappa shape index (κ2) is 54.7. The molecule has 0 heterocycles. The van der Waals surface area contributed by atoms with E-state index in [1.54, 1.807) is 47.8 Å². The fraction of sp³-hybridized carbons (Fsp3) is 0.658. The van der Waals surface area contributed by atoms with Gasteiger partial charge in [-0.3, -0.25) is 86.5 Å². The van der Waals surface area contributed by atoms with Gasteiger partial charge in [0.15, 0.2) is 5.96 Å². The van der Waals surface area contributed by atoms with E-state index in [4.69, 9.17) is 34.4 Å². The van der Waals surface area contributed by atoms with Crippen molar-refractivity contribution in [2.75, 3.05) is 44.7 Å². The summed E-state index contributed by atoms with van der Waals surface area (Å²) in [6, 6.07) is -12.1. The van der Waals surface area contributed by atoms with Gasteiger partial charge in [0.25, 0.3) is 0 Å². The zero-order chi connectivity index (χ0) is 88.1. The van der Waals surface area contributed by atoms with Crippen LogP contribution in [0.25, 0.3) is 0 Å². The number of carbonyl (C=O) groups excluding carboxylic acids is 16. The number of phenolic OH excluding ortho intramolecular Hbond substituents is 1. The number of nitrogens with one attached hydrogen (secondary N) is 14. The number of benzene rings is 1. The summed E-state index contributed by atoms with van der Waals surface area (Å²) in [6.45, 7) is 13.3. The number of aliphatic carboxylic acids is 2. The number of thioether (sulfide) groups is 1. The largest absolute Gasteiger partial charge is 0.508 e. The molecular weight excluding hydrogens is 1540 g/mol. The summed E-state index contributed by atoms with van der Waals surface area (Å²) in [5.41, 5.74) is 33.7. The quantitative estimate of drug-likeness (QED) is 0.0164. The van der Waals surface area contributed by atoms with E-state index in [1.165, 1.54) is 43.0 Å². The summed E-state index contributed by atoms with van der Waals surface area (Å²) in [7, 11) is 0. The van der Waals surface area contributed by atoms with Crippen LogP contribution in [-0.2, 0) is 92.7 Å². The maximum atomic E-state index is 14.7. The number of aliphatic imine (C=N–C) groups is 1. The Balaban J connectivity index is 3.64. The summed E-state index contributed by atoms with van der Waals surface area (Å²) in [5.74, 6) is -19.1. The zero-order valence-electron chi connectivity index (χ0n) is 67.6. The average molecular weight is 1660 g/mol. The van der Waals surface area contributed by atoms with Crippen LogP contribution in [0.2, 0.25) is 0 Å². The summed E-state index contributed by atoms with van der Waals surface area (Å²) < 4.78 is 0. The van der Waals surface area contributed by atoms with Gasteiger partial charge in [0.2, 0.25) is 94.5 Å². The number of phenols is 1. The van der Waals surface area contributed by atoms with E-state index in [0.717, 1.165) is 0 Å². The van der Waals surface area contributed by atoms with Crippen molar-refractivity contribution >= 4 is 124 Å². The summed E-state index contributed by atoms with van der Waals surface area (Å²) in [4.78, 5) is 245. The number of carboxylic acids is 2. The molecule has 0 unspecified atom stereocenters. The Morgan fingerprint density at radius 1 is 0.440 bits per heavy atom. The van der Waals surface area contributed by atoms with Gasteiger partial charge in [-0.2, -0.15) is 11.8 Å². The number of carbonyl (C=O) groups is 18. The molecule has 1 aromatic rings. The number of unbranched alkanes of at least 4 members (excludes halogenated alkanes) is 1. The van der Waals surface area contributed by atoms with Crippen molar-refractivity contribution in [1.82, 2.24) is 74.4 Å². The van der Waals surface area contributed by atoms with E-state index < -0.39 is 237 Å². The lowest BCUT2D eigenvalue weighted by molar-refractivity contribution is -0.143. The first kappa shape index (κ1) is 103. The SMILES string of the molecule is CC[C@H](C)[C@H](NC(=O)CNC(=O)CNC(=O)[C@@H](N)CC(C)C)C(=O)N[C@@H](CCC(=O)O)C(=O)N[C@@H](C)C(=O)N[C@@H](CCC(N)=O)C(=O)N[C@@H](CCCCN)C(=O)N[C@@H](CCSC)C(=O)N[C@@H](CC(C)C)C(=O)N[C@@H](CC(C)C)C(=O)N[C@@H](Cc1ccc(O)cc1)C(=O)N[C@@H](CCCN=C(N)N)C(=O)NCC(=O)N[C@@H](CC(N)=O)C(=O)O. The smallest absolute Gasteiger partial charge is 0.326 e. The minimum Gasteiger partial charge on any atom is -0.508 e. The van der Waals surface area contributed by atoms with Crippen LogP contribution in [0.1, 0.15) is 164 Å². The number of rotatable bonds is 58. The number of guanidine groups is 1. The van der Waals surface area contributed by atoms with Crippen LogP contribution >= 0.6 is 11.8 Å². The van der Waals surface area contributed by atoms with Crippen molar-refractivity contribution < 1.29 is 102 Å². The van der Waals surface area contributed by atoms with Gasteiger partial charge in [-0.25, -0.2) is 4.79 Å². The summed E-state index contributed by atoms with van der Waals surface area (Å²) >= 11 is 1.29. The molecule has 0 fully saturated rings.